The number of hydrogen-bond donors (Lipinski definition) is 2. The van der Waals surface area contributed by atoms with Gasteiger partial charge in [0, 0.05) is 23.9 Å². The first-order chi connectivity index (χ1) is 12.7. The molecular weight excluding hydrogens is 348 g/mol. The number of benzene rings is 2. The van der Waals surface area contributed by atoms with E-state index in [9.17, 15) is 0 Å². The Kier molecular flexibility index (Phi) is 5.71. The molecule has 132 valence electrons. The maximum Gasteiger partial charge on any atom is 0.225 e. The van der Waals surface area contributed by atoms with Crippen molar-refractivity contribution in [3.8, 4) is 17.0 Å². The van der Waals surface area contributed by atoms with E-state index in [0.29, 0.717) is 29.1 Å². The summed E-state index contributed by atoms with van der Waals surface area (Å²) in [6, 6.07) is 17.3. The molecule has 0 amide bonds. The topological polar surface area (TPSA) is 59.1 Å². The molecule has 0 saturated carbocycles. The van der Waals surface area contributed by atoms with Gasteiger partial charge in [0.25, 0.3) is 0 Å². The van der Waals surface area contributed by atoms with Crippen molar-refractivity contribution in [2.75, 3.05) is 24.3 Å². The minimum Gasteiger partial charge on any atom is -0.495 e. The van der Waals surface area contributed by atoms with Crippen molar-refractivity contribution in [2.24, 2.45) is 0 Å². The molecule has 0 saturated heterocycles. The fourth-order valence-electron chi connectivity index (χ4n) is 2.40. The highest BCUT2D eigenvalue weighted by Gasteiger charge is 2.08. The average Bonchev–Trinajstić information content (AvgIpc) is 2.67. The van der Waals surface area contributed by atoms with Gasteiger partial charge < -0.3 is 15.4 Å². The molecule has 0 atom stereocenters. The zero-order valence-corrected chi connectivity index (χ0v) is 15.1. The van der Waals surface area contributed by atoms with E-state index in [1.54, 1.807) is 25.3 Å². The molecule has 5 nitrogen and oxygen atoms in total. The van der Waals surface area contributed by atoms with Crippen LogP contribution < -0.4 is 15.4 Å². The Morgan fingerprint density at radius 3 is 2.62 bits per heavy atom. The Hall–Kier alpha value is -3.05. The van der Waals surface area contributed by atoms with Gasteiger partial charge in [0.15, 0.2) is 0 Å². The van der Waals surface area contributed by atoms with Crippen LogP contribution in [0.4, 0.5) is 17.5 Å². The molecule has 0 bridgehead atoms. The number of rotatable bonds is 7. The summed E-state index contributed by atoms with van der Waals surface area (Å²) in [6.45, 7) is 4.29. The zero-order chi connectivity index (χ0) is 18.4. The van der Waals surface area contributed by atoms with Crippen molar-refractivity contribution in [3.05, 3.63) is 72.3 Å². The van der Waals surface area contributed by atoms with Crippen LogP contribution in [-0.2, 0) is 0 Å². The monoisotopic (exact) mass is 366 g/mol. The summed E-state index contributed by atoms with van der Waals surface area (Å²) in [4.78, 5) is 9.08. The molecule has 0 fully saturated rings. The van der Waals surface area contributed by atoms with Crippen LogP contribution in [0.5, 0.6) is 5.75 Å². The lowest BCUT2D eigenvalue weighted by atomic mass is 10.1. The predicted octanol–water partition coefficient (Wildman–Crippen LogP) is 5.15. The van der Waals surface area contributed by atoms with Crippen molar-refractivity contribution in [3.63, 3.8) is 0 Å². The smallest absolute Gasteiger partial charge is 0.225 e. The summed E-state index contributed by atoms with van der Waals surface area (Å²) >= 11 is 6.20. The number of methoxy groups -OCH3 is 1. The summed E-state index contributed by atoms with van der Waals surface area (Å²) in [5.41, 5.74) is 2.63. The van der Waals surface area contributed by atoms with Gasteiger partial charge in [-0.25, -0.2) is 4.98 Å². The van der Waals surface area contributed by atoms with Crippen LogP contribution >= 0.6 is 11.6 Å². The van der Waals surface area contributed by atoms with Gasteiger partial charge in [0.05, 0.1) is 17.8 Å². The summed E-state index contributed by atoms with van der Waals surface area (Å²) in [6.07, 6.45) is 1.76. The second-order valence-electron chi connectivity index (χ2n) is 5.47. The Morgan fingerprint density at radius 1 is 1.12 bits per heavy atom. The van der Waals surface area contributed by atoms with E-state index >= 15 is 0 Å². The maximum atomic E-state index is 6.20. The van der Waals surface area contributed by atoms with Crippen molar-refractivity contribution < 1.29 is 4.74 Å². The van der Waals surface area contributed by atoms with Crippen LogP contribution in [-0.4, -0.2) is 23.6 Å². The summed E-state index contributed by atoms with van der Waals surface area (Å²) in [7, 11) is 1.59. The van der Waals surface area contributed by atoms with E-state index in [0.717, 1.165) is 16.9 Å². The lowest BCUT2D eigenvalue weighted by molar-refractivity contribution is 0.415. The Labute approximate surface area is 157 Å². The standard InChI is InChI=1S/C20H19ClN4O/c1-3-11-22-20-24-17(14-7-5-4-6-8-14)13-19(25-20)23-15-9-10-18(26-2)16(21)12-15/h3-10,12-13H,1,11H2,2H3,(H2,22,23,24,25). The minimum absolute atomic E-state index is 0.522. The first kappa shape index (κ1) is 17.8. The fourth-order valence-corrected chi connectivity index (χ4v) is 2.66. The van der Waals surface area contributed by atoms with E-state index in [1.165, 1.54) is 0 Å². The van der Waals surface area contributed by atoms with E-state index in [4.69, 9.17) is 16.3 Å². The van der Waals surface area contributed by atoms with Crippen molar-refractivity contribution in [1.29, 1.82) is 0 Å². The molecule has 0 aliphatic rings. The van der Waals surface area contributed by atoms with Crippen molar-refractivity contribution in [2.45, 2.75) is 0 Å². The molecular formula is C20H19ClN4O. The number of anilines is 3. The molecule has 2 N–H and O–H groups in total. The number of halogens is 1. The molecule has 0 aliphatic heterocycles. The van der Waals surface area contributed by atoms with Crippen molar-refractivity contribution >= 4 is 29.1 Å². The predicted molar refractivity (Wildman–Crippen MR) is 107 cm³/mol. The third-order valence-corrected chi connectivity index (χ3v) is 3.92. The molecule has 3 rings (SSSR count). The second kappa shape index (κ2) is 8.36. The van der Waals surface area contributed by atoms with Crippen LogP contribution in [0.2, 0.25) is 5.02 Å². The molecule has 0 spiro atoms. The molecule has 2 aromatic carbocycles. The second-order valence-corrected chi connectivity index (χ2v) is 5.88. The third kappa shape index (κ3) is 4.32. The zero-order valence-electron chi connectivity index (χ0n) is 14.4. The summed E-state index contributed by atoms with van der Waals surface area (Å²) < 4.78 is 5.19. The Bertz CT molecular complexity index is 900. The first-order valence-electron chi connectivity index (χ1n) is 8.09. The molecule has 6 heteroatoms. The number of aromatic nitrogens is 2. The van der Waals surface area contributed by atoms with Gasteiger partial charge in [-0.1, -0.05) is 48.0 Å². The molecule has 0 aliphatic carbocycles. The van der Waals surface area contributed by atoms with Gasteiger partial charge >= 0.3 is 0 Å². The number of hydrogen-bond acceptors (Lipinski definition) is 5. The van der Waals surface area contributed by atoms with E-state index in [-0.39, 0.29) is 0 Å². The number of nitrogens with zero attached hydrogens (tertiary/aromatic N) is 2. The lowest BCUT2D eigenvalue weighted by Crippen LogP contribution is -2.06. The quantitative estimate of drug-likeness (QED) is 0.566. The normalized spacial score (nSPS) is 10.2. The van der Waals surface area contributed by atoms with Gasteiger partial charge in [-0.3, -0.25) is 0 Å². The molecule has 1 heterocycles. The fraction of sp³-hybridized carbons (Fsp3) is 0.100. The van der Waals surface area contributed by atoms with E-state index < -0.39 is 0 Å². The van der Waals surface area contributed by atoms with Crippen LogP contribution in [0, 0.1) is 0 Å². The Balaban J connectivity index is 1.94. The minimum atomic E-state index is 0.522. The third-order valence-electron chi connectivity index (χ3n) is 3.62. The summed E-state index contributed by atoms with van der Waals surface area (Å²) in [5, 5.41) is 6.93. The number of nitrogens with one attached hydrogen (secondary N) is 2. The van der Waals surface area contributed by atoms with Gasteiger partial charge in [-0.2, -0.15) is 4.98 Å². The highest BCUT2D eigenvalue weighted by Crippen LogP contribution is 2.29. The highest BCUT2D eigenvalue weighted by atomic mass is 35.5. The van der Waals surface area contributed by atoms with Crippen molar-refractivity contribution in [1.82, 2.24) is 9.97 Å². The lowest BCUT2D eigenvalue weighted by Gasteiger charge is -2.12. The Morgan fingerprint density at radius 2 is 1.92 bits per heavy atom. The number of ether oxygens (including phenoxy) is 1. The van der Waals surface area contributed by atoms with Crippen LogP contribution in [0.1, 0.15) is 0 Å². The van der Waals surface area contributed by atoms with Crippen LogP contribution in [0.15, 0.2) is 67.3 Å². The van der Waals surface area contributed by atoms with Crippen LogP contribution in [0.3, 0.4) is 0 Å². The molecule has 0 unspecified atom stereocenters. The van der Waals surface area contributed by atoms with Gasteiger partial charge in [0.2, 0.25) is 5.95 Å². The molecule has 1 aromatic heterocycles. The van der Waals surface area contributed by atoms with Gasteiger partial charge in [0.1, 0.15) is 11.6 Å². The van der Waals surface area contributed by atoms with Gasteiger partial charge in [-0.15, -0.1) is 6.58 Å². The first-order valence-corrected chi connectivity index (χ1v) is 8.47. The van der Waals surface area contributed by atoms with Crippen LogP contribution in [0.25, 0.3) is 11.3 Å². The average molecular weight is 367 g/mol. The largest absolute Gasteiger partial charge is 0.495 e. The molecule has 26 heavy (non-hydrogen) atoms. The SMILES string of the molecule is C=CCNc1nc(Nc2ccc(OC)c(Cl)c2)cc(-c2ccccc2)n1. The molecule has 0 radical (unpaired) electrons. The van der Waals surface area contributed by atoms with E-state index in [1.807, 2.05) is 42.5 Å². The summed E-state index contributed by atoms with van der Waals surface area (Å²) in [5.74, 6) is 1.80. The van der Waals surface area contributed by atoms with Gasteiger partial charge in [-0.05, 0) is 18.2 Å². The van der Waals surface area contributed by atoms with E-state index in [2.05, 4.69) is 27.2 Å². The molecule has 3 aromatic rings. The maximum absolute atomic E-state index is 6.20. The highest BCUT2D eigenvalue weighted by molar-refractivity contribution is 6.32.